The lowest BCUT2D eigenvalue weighted by atomic mass is 10.4. The molecule has 0 saturated carbocycles. The van der Waals surface area contributed by atoms with E-state index in [1.165, 1.54) is 0 Å². The van der Waals surface area contributed by atoms with Crippen LogP contribution in [0.15, 0.2) is 9.98 Å². The summed E-state index contributed by atoms with van der Waals surface area (Å²) in [4.78, 5) is 20.2. The van der Waals surface area contributed by atoms with Gasteiger partial charge in [-0.3, -0.25) is 4.79 Å². The highest BCUT2D eigenvalue weighted by Gasteiger charge is 1.99. The van der Waals surface area contributed by atoms with Crippen LogP contribution >= 0.6 is 0 Å². The minimum absolute atomic E-state index is 0.0891. The molecule has 74 valence electrons. The molecule has 0 aliphatic rings. The molecule has 0 aliphatic carbocycles. The molecule has 0 atom stereocenters. The molecule has 0 heterocycles. The van der Waals surface area contributed by atoms with Crippen LogP contribution in [0.3, 0.4) is 0 Å². The molecule has 4 nitrogen and oxygen atoms in total. The van der Waals surface area contributed by atoms with Gasteiger partial charge in [0.1, 0.15) is 0 Å². The van der Waals surface area contributed by atoms with E-state index in [0.29, 0.717) is 6.54 Å². The standard InChI is InChI=1S/C9H17N3O/c1-4-10-8-11-6-5-7-12(3)9(2)13/h4-7H2,1-3H3. The number of aliphatic imine (C=N–C) groups is 2. The average Bonchev–Trinajstić information content (AvgIpc) is 2.10. The zero-order valence-electron chi connectivity index (χ0n) is 8.58. The van der Waals surface area contributed by atoms with E-state index in [1.807, 2.05) is 6.92 Å². The first kappa shape index (κ1) is 11.8. The third kappa shape index (κ3) is 7.22. The van der Waals surface area contributed by atoms with Crippen molar-refractivity contribution in [3.8, 4) is 0 Å². The highest BCUT2D eigenvalue weighted by molar-refractivity contribution is 5.72. The van der Waals surface area contributed by atoms with Crippen molar-refractivity contribution in [1.29, 1.82) is 0 Å². The molecule has 0 saturated heterocycles. The van der Waals surface area contributed by atoms with Crippen LogP contribution in [0.25, 0.3) is 0 Å². The number of rotatable bonds is 5. The van der Waals surface area contributed by atoms with Crippen LogP contribution in [-0.2, 0) is 4.79 Å². The highest BCUT2D eigenvalue weighted by Crippen LogP contribution is 1.88. The molecule has 4 heteroatoms. The Morgan fingerprint density at radius 2 is 2.15 bits per heavy atom. The van der Waals surface area contributed by atoms with Crippen molar-refractivity contribution in [2.75, 3.05) is 26.7 Å². The summed E-state index contributed by atoms with van der Waals surface area (Å²) in [7, 11) is 1.78. The largest absolute Gasteiger partial charge is 0.346 e. The predicted molar refractivity (Wildman–Crippen MR) is 53.2 cm³/mol. The summed E-state index contributed by atoms with van der Waals surface area (Å²) in [5.41, 5.74) is 0. The van der Waals surface area contributed by atoms with Crippen LogP contribution in [0.5, 0.6) is 0 Å². The second-order valence-corrected chi connectivity index (χ2v) is 2.75. The number of hydrogen-bond donors (Lipinski definition) is 0. The van der Waals surface area contributed by atoms with Crippen LogP contribution < -0.4 is 0 Å². The molecule has 1 amide bonds. The molecule has 0 aliphatic heterocycles. The molecule has 0 N–H and O–H groups in total. The zero-order valence-corrected chi connectivity index (χ0v) is 8.58. The van der Waals surface area contributed by atoms with E-state index in [1.54, 1.807) is 18.9 Å². The molecule has 0 aromatic heterocycles. The summed E-state index contributed by atoms with van der Waals surface area (Å²) in [6, 6.07) is 2.58. The van der Waals surface area contributed by atoms with Gasteiger partial charge in [0.25, 0.3) is 0 Å². The predicted octanol–water partition coefficient (Wildman–Crippen LogP) is 1.05. The van der Waals surface area contributed by atoms with Gasteiger partial charge in [-0.15, -0.1) is 0 Å². The SMILES string of the molecule is CCN=C=NCCCN(C)C(C)=O. The van der Waals surface area contributed by atoms with Crippen LogP contribution in [0.1, 0.15) is 20.3 Å². The molecule has 0 bridgehead atoms. The second-order valence-electron chi connectivity index (χ2n) is 2.75. The molecule has 0 rings (SSSR count). The summed E-state index contributed by atoms with van der Waals surface area (Å²) >= 11 is 0. The Balaban J connectivity index is 3.46. The number of amides is 1. The number of hydrogen-bond acceptors (Lipinski definition) is 3. The minimum Gasteiger partial charge on any atom is -0.346 e. The van der Waals surface area contributed by atoms with E-state index in [2.05, 4.69) is 16.0 Å². The smallest absolute Gasteiger partial charge is 0.219 e. The Morgan fingerprint density at radius 3 is 2.69 bits per heavy atom. The topological polar surface area (TPSA) is 45.0 Å². The number of nitrogens with zero attached hydrogens (tertiary/aromatic N) is 3. The van der Waals surface area contributed by atoms with Gasteiger partial charge in [0.15, 0.2) is 0 Å². The van der Waals surface area contributed by atoms with Crippen molar-refractivity contribution in [3.63, 3.8) is 0 Å². The monoisotopic (exact) mass is 183 g/mol. The molecule has 0 aromatic rings. The average molecular weight is 183 g/mol. The maximum atomic E-state index is 10.8. The first-order valence-electron chi connectivity index (χ1n) is 4.48. The van der Waals surface area contributed by atoms with Crippen LogP contribution in [0.4, 0.5) is 0 Å². The van der Waals surface area contributed by atoms with Crippen molar-refractivity contribution < 1.29 is 4.79 Å². The van der Waals surface area contributed by atoms with Crippen molar-refractivity contribution in [3.05, 3.63) is 0 Å². The number of carbonyl (C=O) groups excluding carboxylic acids is 1. The van der Waals surface area contributed by atoms with E-state index in [0.717, 1.165) is 19.5 Å². The van der Waals surface area contributed by atoms with E-state index >= 15 is 0 Å². The van der Waals surface area contributed by atoms with Crippen molar-refractivity contribution in [2.24, 2.45) is 9.98 Å². The van der Waals surface area contributed by atoms with Gasteiger partial charge in [-0.1, -0.05) is 0 Å². The minimum atomic E-state index is 0.0891. The fourth-order valence-corrected chi connectivity index (χ4v) is 0.715. The van der Waals surface area contributed by atoms with Gasteiger partial charge in [-0.05, 0) is 13.3 Å². The van der Waals surface area contributed by atoms with Gasteiger partial charge in [0.05, 0.1) is 12.6 Å². The fourth-order valence-electron chi connectivity index (χ4n) is 0.715. The van der Waals surface area contributed by atoms with Crippen LogP contribution in [0.2, 0.25) is 0 Å². The Kier molecular flexibility index (Phi) is 6.83. The molecule has 13 heavy (non-hydrogen) atoms. The van der Waals surface area contributed by atoms with Crippen molar-refractivity contribution in [2.45, 2.75) is 20.3 Å². The van der Waals surface area contributed by atoms with Crippen LogP contribution in [-0.4, -0.2) is 43.5 Å². The third-order valence-electron chi connectivity index (χ3n) is 1.60. The van der Waals surface area contributed by atoms with Gasteiger partial charge in [-0.25, -0.2) is 9.98 Å². The second kappa shape index (κ2) is 7.50. The molecule has 0 aromatic carbocycles. The normalized spacial score (nSPS) is 8.85. The first-order chi connectivity index (χ1) is 6.18. The zero-order chi connectivity index (χ0) is 10.1. The molecular weight excluding hydrogens is 166 g/mol. The Labute approximate surface area is 79.4 Å². The Bertz CT molecular complexity index is 207. The van der Waals surface area contributed by atoms with Crippen LogP contribution in [0, 0.1) is 0 Å². The summed E-state index contributed by atoms with van der Waals surface area (Å²) < 4.78 is 0. The maximum absolute atomic E-state index is 10.8. The van der Waals surface area contributed by atoms with Crippen molar-refractivity contribution in [1.82, 2.24) is 4.90 Å². The van der Waals surface area contributed by atoms with Crippen molar-refractivity contribution >= 4 is 11.9 Å². The van der Waals surface area contributed by atoms with E-state index < -0.39 is 0 Å². The maximum Gasteiger partial charge on any atom is 0.219 e. The highest BCUT2D eigenvalue weighted by atomic mass is 16.2. The van der Waals surface area contributed by atoms with E-state index in [-0.39, 0.29) is 5.91 Å². The summed E-state index contributed by atoms with van der Waals surface area (Å²) in [5.74, 6) is 0.0891. The molecule has 0 fully saturated rings. The first-order valence-corrected chi connectivity index (χ1v) is 4.48. The van der Waals surface area contributed by atoms with Gasteiger partial charge in [-0.2, -0.15) is 0 Å². The van der Waals surface area contributed by atoms with E-state index in [9.17, 15) is 4.79 Å². The molecule has 0 unspecified atom stereocenters. The third-order valence-corrected chi connectivity index (χ3v) is 1.60. The summed E-state index contributed by atoms with van der Waals surface area (Å²) in [5, 5.41) is 0. The van der Waals surface area contributed by atoms with Gasteiger partial charge in [0, 0.05) is 27.1 Å². The lowest BCUT2D eigenvalue weighted by molar-refractivity contribution is -0.127. The fraction of sp³-hybridized carbons (Fsp3) is 0.778. The Morgan fingerprint density at radius 1 is 1.46 bits per heavy atom. The molecule has 0 spiro atoms. The molecule has 0 radical (unpaired) electrons. The van der Waals surface area contributed by atoms with Gasteiger partial charge >= 0.3 is 0 Å². The van der Waals surface area contributed by atoms with Gasteiger partial charge in [0.2, 0.25) is 5.91 Å². The lowest BCUT2D eigenvalue weighted by Crippen LogP contribution is -2.25. The van der Waals surface area contributed by atoms with Gasteiger partial charge < -0.3 is 4.90 Å². The Hall–Kier alpha value is -1.15. The quantitative estimate of drug-likeness (QED) is 0.464. The molecular formula is C9H17N3O. The van der Waals surface area contributed by atoms with E-state index in [4.69, 9.17) is 0 Å². The summed E-state index contributed by atoms with van der Waals surface area (Å²) in [6.45, 7) is 5.64. The number of carbonyl (C=O) groups is 1. The summed E-state index contributed by atoms with van der Waals surface area (Å²) in [6.07, 6.45) is 0.863. The lowest BCUT2D eigenvalue weighted by Gasteiger charge is -2.12.